The number of ether oxygens (including phenoxy) is 3. The molecule has 1 aromatic heterocycles. The molecular formula is C29H32N2O6S. The number of carbonyl (C=O) groups is 1. The van der Waals surface area contributed by atoms with E-state index in [2.05, 4.69) is 11.9 Å². The van der Waals surface area contributed by atoms with Crippen LogP contribution in [-0.2, 0) is 9.53 Å². The molecule has 1 unspecified atom stereocenters. The average molecular weight is 537 g/mol. The first kappa shape index (κ1) is 27.2. The third kappa shape index (κ3) is 5.67. The summed E-state index contributed by atoms with van der Waals surface area (Å²) < 4.78 is 18.6. The van der Waals surface area contributed by atoms with Gasteiger partial charge in [0.1, 0.15) is 5.75 Å². The Hall–Kier alpha value is -3.85. The largest absolute Gasteiger partial charge is 0.504 e. The van der Waals surface area contributed by atoms with E-state index in [9.17, 15) is 14.7 Å². The zero-order valence-corrected chi connectivity index (χ0v) is 22.8. The van der Waals surface area contributed by atoms with Gasteiger partial charge in [-0.2, -0.15) is 0 Å². The molecule has 2 heterocycles. The summed E-state index contributed by atoms with van der Waals surface area (Å²) in [6.45, 7) is 8.67. The molecular weight excluding hydrogens is 504 g/mol. The summed E-state index contributed by atoms with van der Waals surface area (Å²) in [5.74, 6) is 0.595. The lowest BCUT2D eigenvalue weighted by atomic mass is 9.96. The van der Waals surface area contributed by atoms with Crippen LogP contribution >= 0.6 is 11.3 Å². The number of hydrogen-bond acceptors (Lipinski definition) is 8. The molecule has 200 valence electrons. The van der Waals surface area contributed by atoms with Gasteiger partial charge in [-0.3, -0.25) is 9.36 Å². The Kier molecular flexibility index (Phi) is 8.68. The van der Waals surface area contributed by atoms with E-state index in [1.165, 1.54) is 17.4 Å². The highest BCUT2D eigenvalue weighted by Gasteiger charge is 2.33. The zero-order valence-electron chi connectivity index (χ0n) is 22.0. The van der Waals surface area contributed by atoms with Gasteiger partial charge in [-0.05, 0) is 68.7 Å². The van der Waals surface area contributed by atoms with E-state index < -0.39 is 12.0 Å². The minimum Gasteiger partial charge on any atom is -0.504 e. The summed E-state index contributed by atoms with van der Waals surface area (Å²) in [6, 6.07) is 11.7. The van der Waals surface area contributed by atoms with Crippen molar-refractivity contribution in [2.24, 2.45) is 4.99 Å². The molecule has 38 heavy (non-hydrogen) atoms. The van der Waals surface area contributed by atoms with E-state index in [0.29, 0.717) is 45.1 Å². The van der Waals surface area contributed by atoms with Gasteiger partial charge < -0.3 is 19.3 Å². The number of aromatic nitrogens is 1. The van der Waals surface area contributed by atoms with Crippen LogP contribution in [0.1, 0.15) is 57.7 Å². The molecule has 8 nitrogen and oxygen atoms in total. The monoisotopic (exact) mass is 536 g/mol. The second-order valence-electron chi connectivity index (χ2n) is 8.73. The standard InChI is InChI=1S/C29H32N2O6S/c1-5-8-15-37-21-12-10-20(11-13-21)26-25(28(34)36-7-3)18(4)30-29-31(26)27(33)24(38-29)17-19-9-14-22(32)23(16-19)35-6-2/h9-14,16-17,26,32H,5-8,15H2,1-4H3/b24-17-. The van der Waals surface area contributed by atoms with Gasteiger partial charge in [0.2, 0.25) is 0 Å². The molecule has 9 heteroatoms. The molecule has 2 aromatic carbocycles. The molecule has 1 aliphatic rings. The Morgan fingerprint density at radius 1 is 1.11 bits per heavy atom. The number of carbonyl (C=O) groups excluding carboxylic acids is 1. The van der Waals surface area contributed by atoms with Crippen molar-refractivity contribution in [3.8, 4) is 17.2 Å². The molecule has 3 aromatic rings. The molecule has 1 N–H and O–H groups in total. The third-order valence-electron chi connectivity index (χ3n) is 6.06. The van der Waals surface area contributed by atoms with Crippen LogP contribution in [0.3, 0.4) is 0 Å². The lowest BCUT2D eigenvalue weighted by molar-refractivity contribution is -0.139. The summed E-state index contributed by atoms with van der Waals surface area (Å²) in [5.41, 5.74) is 2.01. The number of aromatic hydroxyl groups is 1. The topological polar surface area (TPSA) is 99.4 Å². The Morgan fingerprint density at radius 2 is 1.87 bits per heavy atom. The minimum atomic E-state index is -0.698. The summed E-state index contributed by atoms with van der Waals surface area (Å²) in [7, 11) is 0. The van der Waals surface area contributed by atoms with E-state index in [1.807, 2.05) is 31.2 Å². The van der Waals surface area contributed by atoms with Crippen molar-refractivity contribution in [2.75, 3.05) is 19.8 Å². The SMILES string of the molecule is CCCCOc1ccc(C2C(C(=O)OCC)=C(C)N=c3s/c(=C\c4ccc(O)c(OCC)c4)c(=O)n32)cc1. The van der Waals surface area contributed by atoms with Crippen LogP contribution in [0.4, 0.5) is 0 Å². The van der Waals surface area contributed by atoms with Crippen molar-refractivity contribution in [1.82, 2.24) is 4.57 Å². The molecule has 0 spiro atoms. The predicted molar refractivity (Wildman–Crippen MR) is 147 cm³/mol. The fourth-order valence-electron chi connectivity index (χ4n) is 4.23. The van der Waals surface area contributed by atoms with Crippen LogP contribution in [0.2, 0.25) is 0 Å². The highest BCUT2D eigenvalue weighted by molar-refractivity contribution is 7.07. The maximum atomic E-state index is 13.8. The number of phenolic OH excluding ortho intramolecular Hbond substituents is 1. The number of rotatable bonds is 10. The van der Waals surface area contributed by atoms with Gasteiger partial charge in [0.05, 0.1) is 41.7 Å². The highest BCUT2D eigenvalue weighted by Crippen LogP contribution is 2.32. The number of nitrogens with zero attached hydrogens (tertiary/aromatic N) is 2. The van der Waals surface area contributed by atoms with Gasteiger partial charge >= 0.3 is 5.97 Å². The third-order valence-corrected chi connectivity index (χ3v) is 7.04. The van der Waals surface area contributed by atoms with Gasteiger partial charge in [-0.1, -0.05) is 42.9 Å². The Labute approximate surface area is 225 Å². The van der Waals surface area contributed by atoms with Crippen molar-refractivity contribution in [3.63, 3.8) is 0 Å². The van der Waals surface area contributed by atoms with Crippen LogP contribution in [0.15, 0.2) is 63.5 Å². The van der Waals surface area contributed by atoms with Crippen LogP contribution in [0.25, 0.3) is 6.08 Å². The summed E-state index contributed by atoms with van der Waals surface area (Å²) in [5, 5.41) is 10.0. The number of hydrogen-bond donors (Lipinski definition) is 1. The maximum Gasteiger partial charge on any atom is 0.338 e. The number of unbranched alkanes of at least 4 members (excludes halogenated alkanes) is 1. The molecule has 0 saturated heterocycles. The zero-order chi connectivity index (χ0) is 27.2. The highest BCUT2D eigenvalue weighted by atomic mass is 32.1. The quantitative estimate of drug-likeness (QED) is 0.310. The summed E-state index contributed by atoms with van der Waals surface area (Å²) >= 11 is 1.24. The van der Waals surface area contributed by atoms with Gasteiger partial charge in [0.15, 0.2) is 16.3 Å². The lowest BCUT2D eigenvalue weighted by Gasteiger charge is -2.24. The molecule has 0 radical (unpaired) electrons. The second-order valence-corrected chi connectivity index (χ2v) is 9.74. The lowest BCUT2D eigenvalue weighted by Crippen LogP contribution is -2.39. The first-order chi connectivity index (χ1) is 18.4. The second kappa shape index (κ2) is 12.1. The van der Waals surface area contributed by atoms with E-state index in [0.717, 1.165) is 24.2 Å². The van der Waals surface area contributed by atoms with E-state index >= 15 is 0 Å². The fourth-order valence-corrected chi connectivity index (χ4v) is 5.28. The number of thiazole rings is 1. The molecule has 0 aliphatic carbocycles. The van der Waals surface area contributed by atoms with Crippen LogP contribution < -0.4 is 24.4 Å². The number of allylic oxidation sites excluding steroid dienone is 1. The van der Waals surface area contributed by atoms with Crippen molar-refractivity contribution in [3.05, 3.63) is 84.5 Å². The molecule has 0 saturated carbocycles. The number of benzene rings is 2. The normalized spacial score (nSPS) is 15.2. The number of fused-ring (bicyclic) bond motifs is 1. The van der Waals surface area contributed by atoms with Gasteiger partial charge in [-0.15, -0.1) is 0 Å². The maximum absolute atomic E-state index is 13.8. The van der Waals surface area contributed by atoms with Crippen molar-refractivity contribution in [2.45, 2.75) is 46.6 Å². The van der Waals surface area contributed by atoms with Crippen LogP contribution in [0, 0.1) is 0 Å². The van der Waals surface area contributed by atoms with E-state index in [1.54, 1.807) is 36.6 Å². The fraction of sp³-hybridized carbons (Fsp3) is 0.345. The average Bonchev–Trinajstić information content (AvgIpc) is 3.20. The number of phenols is 1. The molecule has 0 bridgehead atoms. The van der Waals surface area contributed by atoms with E-state index in [-0.39, 0.29) is 17.9 Å². The Balaban J connectivity index is 1.83. The van der Waals surface area contributed by atoms with Gasteiger partial charge in [0, 0.05) is 0 Å². The molecule has 1 aliphatic heterocycles. The summed E-state index contributed by atoms with van der Waals surface area (Å²) in [4.78, 5) is 31.9. The Morgan fingerprint density at radius 3 is 2.55 bits per heavy atom. The Bertz CT molecular complexity index is 1520. The van der Waals surface area contributed by atoms with Gasteiger partial charge in [0.25, 0.3) is 5.56 Å². The first-order valence-corrected chi connectivity index (χ1v) is 13.6. The molecule has 0 fully saturated rings. The molecule has 4 rings (SSSR count). The minimum absolute atomic E-state index is 0.0299. The van der Waals surface area contributed by atoms with Gasteiger partial charge in [-0.25, -0.2) is 9.79 Å². The smallest absolute Gasteiger partial charge is 0.338 e. The van der Waals surface area contributed by atoms with Crippen molar-refractivity contribution < 1.29 is 24.1 Å². The first-order valence-electron chi connectivity index (χ1n) is 12.8. The molecule has 1 atom stereocenters. The summed E-state index contributed by atoms with van der Waals surface area (Å²) in [6.07, 6.45) is 3.73. The van der Waals surface area contributed by atoms with Crippen molar-refractivity contribution >= 4 is 23.4 Å². The molecule has 0 amide bonds. The van der Waals surface area contributed by atoms with Crippen molar-refractivity contribution in [1.29, 1.82) is 0 Å². The van der Waals surface area contributed by atoms with Crippen LogP contribution in [0.5, 0.6) is 17.2 Å². The van der Waals surface area contributed by atoms with E-state index in [4.69, 9.17) is 14.2 Å². The predicted octanol–water partition coefficient (Wildman–Crippen LogP) is 4.08. The van der Waals surface area contributed by atoms with Crippen LogP contribution in [-0.4, -0.2) is 35.5 Å². The number of esters is 1.